The van der Waals surface area contributed by atoms with E-state index in [0.717, 1.165) is 16.5 Å². The van der Waals surface area contributed by atoms with Crippen LogP contribution in [0.2, 0.25) is 0 Å². The number of aliphatic carboxylic acids is 1. The van der Waals surface area contributed by atoms with Gasteiger partial charge in [-0.1, -0.05) is 18.2 Å². The highest BCUT2D eigenvalue weighted by Crippen LogP contribution is 2.19. The molecule has 0 saturated heterocycles. The number of carboxylic acids is 1. The van der Waals surface area contributed by atoms with Crippen LogP contribution >= 0.6 is 0 Å². The van der Waals surface area contributed by atoms with Crippen LogP contribution < -0.4 is 22.1 Å². The molecule has 1 aromatic carbocycles. The molecule has 0 radical (unpaired) electrons. The largest absolute Gasteiger partial charge is 0.480 e. The molecule has 8 N–H and O–H groups in total. The lowest BCUT2D eigenvalue weighted by molar-refractivity contribution is -0.142. The van der Waals surface area contributed by atoms with Crippen LogP contribution in [-0.2, 0) is 20.8 Å². The van der Waals surface area contributed by atoms with Crippen LogP contribution in [0.1, 0.15) is 31.7 Å². The molecule has 0 saturated carbocycles. The van der Waals surface area contributed by atoms with E-state index in [1.54, 1.807) is 6.20 Å². The lowest BCUT2D eigenvalue weighted by Crippen LogP contribution is -2.54. The number of nitrogens with one attached hydrogen (secondary N) is 3. The Bertz CT molecular complexity index is 848. The number of hydrogen-bond donors (Lipinski definition) is 6. The molecule has 0 aliphatic carbocycles. The van der Waals surface area contributed by atoms with Crippen LogP contribution in [0.5, 0.6) is 0 Å². The summed E-state index contributed by atoms with van der Waals surface area (Å²) in [5.41, 5.74) is 12.8. The molecular weight excluding hydrogens is 374 g/mol. The van der Waals surface area contributed by atoms with Gasteiger partial charge in [0.2, 0.25) is 11.8 Å². The van der Waals surface area contributed by atoms with Crippen LogP contribution in [0.4, 0.5) is 0 Å². The van der Waals surface area contributed by atoms with Gasteiger partial charge in [-0.15, -0.1) is 0 Å². The first-order chi connectivity index (χ1) is 13.8. The molecule has 0 unspecified atom stereocenters. The number of fused-ring (bicyclic) bond motifs is 1. The fraction of sp³-hybridized carbons (Fsp3) is 0.450. The number of aromatic nitrogens is 1. The molecule has 3 atom stereocenters. The summed E-state index contributed by atoms with van der Waals surface area (Å²) in [6, 6.07) is 4.79. The zero-order chi connectivity index (χ0) is 21.4. The van der Waals surface area contributed by atoms with Gasteiger partial charge in [-0.3, -0.25) is 9.59 Å². The van der Waals surface area contributed by atoms with Crippen molar-refractivity contribution in [1.82, 2.24) is 15.6 Å². The number of amides is 2. The highest BCUT2D eigenvalue weighted by Gasteiger charge is 2.28. The zero-order valence-electron chi connectivity index (χ0n) is 16.5. The monoisotopic (exact) mass is 403 g/mol. The number of carbonyl (C=O) groups is 3. The summed E-state index contributed by atoms with van der Waals surface area (Å²) in [5.74, 6) is -2.18. The lowest BCUT2D eigenvalue weighted by Gasteiger charge is -2.22. The molecule has 9 heteroatoms. The van der Waals surface area contributed by atoms with Gasteiger partial charge in [0.05, 0.1) is 6.04 Å². The van der Waals surface area contributed by atoms with E-state index in [4.69, 9.17) is 11.5 Å². The third kappa shape index (κ3) is 6.30. The number of hydrogen-bond acceptors (Lipinski definition) is 5. The first-order valence-electron chi connectivity index (χ1n) is 9.67. The van der Waals surface area contributed by atoms with E-state index >= 15 is 0 Å². The maximum absolute atomic E-state index is 12.8. The van der Waals surface area contributed by atoms with E-state index < -0.39 is 35.9 Å². The quantitative estimate of drug-likeness (QED) is 0.294. The number of unbranched alkanes of at least 4 members (excludes halogenated alkanes) is 1. The Balaban J connectivity index is 2.18. The SMILES string of the molecule is C[C@H](N)C(=O)N[C@@H](Cc1c[nH]c2ccccc12)C(=O)N[C@@H](CCCCN)C(=O)O. The van der Waals surface area contributed by atoms with E-state index in [-0.39, 0.29) is 12.8 Å². The molecule has 9 nitrogen and oxygen atoms in total. The number of aromatic amines is 1. The first-order valence-corrected chi connectivity index (χ1v) is 9.67. The van der Waals surface area contributed by atoms with Crippen molar-refractivity contribution in [3.8, 4) is 0 Å². The summed E-state index contributed by atoms with van der Waals surface area (Å²) < 4.78 is 0. The molecule has 2 rings (SSSR count). The highest BCUT2D eigenvalue weighted by atomic mass is 16.4. The minimum atomic E-state index is -1.13. The molecule has 2 aromatic rings. The van der Waals surface area contributed by atoms with Gasteiger partial charge in [-0.2, -0.15) is 0 Å². The van der Waals surface area contributed by atoms with Crippen LogP contribution in [0, 0.1) is 0 Å². The molecule has 1 aromatic heterocycles. The smallest absolute Gasteiger partial charge is 0.326 e. The first kappa shape index (κ1) is 22.4. The number of nitrogens with two attached hydrogens (primary N) is 2. The second-order valence-corrected chi connectivity index (χ2v) is 7.10. The van der Waals surface area contributed by atoms with Gasteiger partial charge < -0.3 is 32.2 Å². The van der Waals surface area contributed by atoms with E-state index in [1.807, 2.05) is 24.3 Å². The van der Waals surface area contributed by atoms with E-state index in [0.29, 0.717) is 19.4 Å². The highest BCUT2D eigenvalue weighted by molar-refractivity contribution is 5.92. The number of carboxylic acid groups (broad SMARTS) is 1. The number of carbonyl (C=O) groups excluding carboxylic acids is 2. The van der Waals surface area contributed by atoms with E-state index in [1.165, 1.54) is 6.92 Å². The molecular formula is C20H29N5O4. The normalized spacial score (nSPS) is 14.2. The Morgan fingerprint density at radius 1 is 1.10 bits per heavy atom. The van der Waals surface area contributed by atoms with Gasteiger partial charge in [0.25, 0.3) is 0 Å². The van der Waals surface area contributed by atoms with Gasteiger partial charge in [-0.05, 0) is 44.4 Å². The van der Waals surface area contributed by atoms with Crippen molar-refractivity contribution in [2.75, 3.05) is 6.54 Å². The Morgan fingerprint density at radius 2 is 1.79 bits per heavy atom. The molecule has 29 heavy (non-hydrogen) atoms. The Labute approximate surface area is 169 Å². The van der Waals surface area contributed by atoms with E-state index in [2.05, 4.69) is 15.6 Å². The Kier molecular flexibility index (Phi) is 8.17. The van der Waals surface area contributed by atoms with Gasteiger partial charge in [0.15, 0.2) is 0 Å². The Morgan fingerprint density at radius 3 is 2.45 bits per heavy atom. The third-order valence-corrected chi connectivity index (χ3v) is 4.71. The van der Waals surface area contributed by atoms with Gasteiger partial charge >= 0.3 is 5.97 Å². The van der Waals surface area contributed by atoms with Crippen molar-refractivity contribution in [2.24, 2.45) is 11.5 Å². The molecule has 0 fully saturated rings. The minimum absolute atomic E-state index is 0.198. The average molecular weight is 403 g/mol. The predicted octanol–water partition coefficient (Wildman–Crippen LogP) is 0.241. The Hall–Kier alpha value is -2.91. The lowest BCUT2D eigenvalue weighted by atomic mass is 10.0. The predicted molar refractivity (Wildman–Crippen MR) is 110 cm³/mol. The van der Waals surface area contributed by atoms with Crippen molar-refractivity contribution in [3.05, 3.63) is 36.0 Å². The van der Waals surface area contributed by atoms with Crippen molar-refractivity contribution < 1.29 is 19.5 Å². The fourth-order valence-electron chi connectivity index (χ4n) is 3.06. The maximum Gasteiger partial charge on any atom is 0.326 e. The molecule has 0 spiro atoms. The minimum Gasteiger partial charge on any atom is -0.480 e. The number of H-pyrrole nitrogens is 1. The summed E-state index contributed by atoms with van der Waals surface area (Å²) >= 11 is 0. The maximum atomic E-state index is 12.8. The summed E-state index contributed by atoms with van der Waals surface area (Å²) in [5, 5.41) is 15.5. The summed E-state index contributed by atoms with van der Waals surface area (Å²) in [6.07, 6.45) is 3.48. The van der Waals surface area contributed by atoms with Crippen molar-refractivity contribution in [3.63, 3.8) is 0 Å². The molecule has 2 amide bonds. The average Bonchev–Trinajstić information content (AvgIpc) is 3.09. The van der Waals surface area contributed by atoms with Gasteiger partial charge in [0, 0.05) is 23.5 Å². The van der Waals surface area contributed by atoms with Crippen molar-refractivity contribution in [2.45, 2.75) is 50.7 Å². The topological polar surface area (TPSA) is 163 Å². The summed E-state index contributed by atoms with van der Waals surface area (Å²) in [4.78, 5) is 39.6. The van der Waals surface area contributed by atoms with Crippen LogP contribution in [0.15, 0.2) is 30.5 Å². The van der Waals surface area contributed by atoms with Crippen LogP contribution in [-0.4, -0.2) is 52.5 Å². The zero-order valence-corrected chi connectivity index (χ0v) is 16.5. The number of benzene rings is 1. The molecule has 0 bridgehead atoms. The second-order valence-electron chi connectivity index (χ2n) is 7.10. The number of rotatable bonds is 11. The van der Waals surface area contributed by atoms with Crippen LogP contribution in [0.3, 0.4) is 0 Å². The molecule has 0 aliphatic rings. The fourth-order valence-corrected chi connectivity index (χ4v) is 3.06. The third-order valence-electron chi connectivity index (χ3n) is 4.71. The molecule has 0 aliphatic heterocycles. The van der Waals surface area contributed by atoms with E-state index in [9.17, 15) is 19.5 Å². The molecule has 158 valence electrons. The second kappa shape index (κ2) is 10.6. The molecule has 1 heterocycles. The van der Waals surface area contributed by atoms with Crippen molar-refractivity contribution >= 4 is 28.7 Å². The summed E-state index contributed by atoms with van der Waals surface area (Å²) in [6.45, 7) is 1.97. The van der Waals surface area contributed by atoms with Crippen molar-refractivity contribution in [1.29, 1.82) is 0 Å². The number of para-hydroxylation sites is 1. The van der Waals surface area contributed by atoms with Gasteiger partial charge in [0.1, 0.15) is 12.1 Å². The van der Waals surface area contributed by atoms with Crippen LogP contribution in [0.25, 0.3) is 10.9 Å². The standard InChI is InChI=1S/C20H29N5O4/c1-12(22)18(26)25-17(10-13-11-23-15-7-3-2-6-14(13)15)19(27)24-16(20(28)29)8-4-5-9-21/h2-3,6-7,11-12,16-17,23H,4-5,8-10,21-22H2,1H3,(H,24,27)(H,25,26)(H,28,29)/t12-,16-,17-/m0/s1. The summed E-state index contributed by atoms with van der Waals surface area (Å²) in [7, 11) is 0. The van der Waals surface area contributed by atoms with Gasteiger partial charge in [-0.25, -0.2) is 4.79 Å².